The number of hydrogen-bond donors (Lipinski definition) is 1. The van der Waals surface area contributed by atoms with E-state index in [9.17, 15) is 4.79 Å². The van der Waals surface area contributed by atoms with Crippen molar-refractivity contribution >= 4 is 5.97 Å². The van der Waals surface area contributed by atoms with Crippen molar-refractivity contribution in [2.75, 3.05) is 7.11 Å². The smallest absolute Gasteiger partial charge is 0.322 e. The Morgan fingerprint density at radius 1 is 1.38 bits per heavy atom. The van der Waals surface area contributed by atoms with Crippen molar-refractivity contribution in [1.29, 1.82) is 0 Å². The zero-order valence-corrected chi connectivity index (χ0v) is 10.3. The van der Waals surface area contributed by atoms with E-state index in [1.54, 1.807) is 6.92 Å². The predicted molar refractivity (Wildman–Crippen MR) is 64.2 cm³/mol. The minimum absolute atomic E-state index is 0.133. The maximum Gasteiger partial charge on any atom is 0.322 e. The Morgan fingerprint density at radius 2 is 2.06 bits per heavy atom. The van der Waals surface area contributed by atoms with Crippen LogP contribution in [0.25, 0.3) is 0 Å². The lowest BCUT2D eigenvalue weighted by Crippen LogP contribution is -2.36. The van der Waals surface area contributed by atoms with Crippen LogP contribution in [-0.4, -0.2) is 19.1 Å². The van der Waals surface area contributed by atoms with E-state index in [0.717, 1.165) is 0 Å². The Hall–Kier alpha value is -1.35. The molecule has 0 amide bonds. The largest absolute Gasteiger partial charge is 0.468 e. The van der Waals surface area contributed by atoms with Gasteiger partial charge in [0.25, 0.3) is 0 Å². The van der Waals surface area contributed by atoms with Crippen molar-refractivity contribution in [2.24, 2.45) is 0 Å². The summed E-state index contributed by atoms with van der Waals surface area (Å²) in [6.45, 7) is 5.90. The Bertz CT molecular complexity index is 363. The van der Waals surface area contributed by atoms with Gasteiger partial charge in [-0.05, 0) is 26.3 Å². The summed E-state index contributed by atoms with van der Waals surface area (Å²) < 4.78 is 4.67. The standard InChI is InChI=1S/C13H19NO2/c1-9-6-5-7-12(8-9)10(2)14-11(3)13(15)16-4/h5-8,10-11,14H,1-4H3/t10-,11?/m0/s1. The van der Waals surface area contributed by atoms with E-state index >= 15 is 0 Å². The van der Waals surface area contributed by atoms with Crippen LogP contribution in [0, 0.1) is 6.92 Å². The number of carbonyl (C=O) groups is 1. The van der Waals surface area contributed by atoms with Gasteiger partial charge in [-0.1, -0.05) is 29.8 Å². The molecule has 1 aromatic carbocycles. The number of nitrogens with one attached hydrogen (secondary N) is 1. The first-order chi connectivity index (χ1) is 7.54. The maximum atomic E-state index is 11.3. The molecule has 1 rings (SSSR count). The molecule has 0 fully saturated rings. The van der Waals surface area contributed by atoms with Crippen LogP contribution in [-0.2, 0) is 9.53 Å². The average Bonchev–Trinajstić information content (AvgIpc) is 2.27. The molecule has 0 aliphatic carbocycles. The molecule has 0 aromatic heterocycles. The van der Waals surface area contributed by atoms with Crippen molar-refractivity contribution in [3.05, 3.63) is 35.4 Å². The third-order valence-corrected chi connectivity index (χ3v) is 2.60. The van der Waals surface area contributed by atoms with E-state index in [4.69, 9.17) is 0 Å². The third kappa shape index (κ3) is 3.35. The second kappa shape index (κ2) is 5.66. The molecule has 0 aliphatic rings. The van der Waals surface area contributed by atoms with Gasteiger partial charge in [0.15, 0.2) is 0 Å². The van der Waals surface area contributed by atoms with Gasteiger partial charge in [0.05, 0.1) is 7.11 Å². The molecule has 1 aromatic rings. The summed E-state index contributed by atoms with van der Waals surface area (Å²) in [5, 5.41) is 3.20. The SMILES string of the molecule is COC(=O)C(C)N[C@@H](C)c1cccc(C)c1. The predicted octanol–water partition coefficient (Wildman–Crippen LogP) is 2.21. The Labute approximate surface area is 96.8 Å². The monoisotopic (exact) mass is 221 g/mol. The number of carbonyl (C=O) groups excluding carboxylic acids is 1. The molecule has 0 saturated carbocycles. The molecular weight excluding hydrogens is 202 g/mol. The molecule has 0 spiro atoms. The van der Waals surface area contributed by atoms with Gasteiger partial charge in [-0.15, -0.1) is 0 Å². The number of ether oxygens (including phenoxy) is 1. The summed E-state index contributed by atoms with van der Waals surface area (Å²) in [4.78, 5) is 11.3. The van der Waals surface area contributed by atoms with Crippen LogP contribution in [0.3, 0.4) is 0 Å². The summed E-state index contributed by atoms with van der Waals surface area (Å²) in [5.41, 5.74) is 2.40. The summed E-state index contributed by atoms with van der Waals surface area (Å²) in [6.07, 6.45) is 0. The number of methoxy groups -OCH3 is 1. The van der Waals surface area contributed by atoms with Gasteiger partial charge in [-0.2, -0.15) is 0 Å². The first kappa shape index (κ1) is 12.7. The van der Waals surface area contributed by atoms with Crippen LogP contribution in [0.1, 0.15) is 31.0 Å². The van der Waals surface area contributed by atoms with Crippen LogP contribution in [0.15, 0.2) is 24.3 Å². The molecular formula is C13H19NO2. The van der Waals surface area contributed by atoms with E-state index in [0.29, 0.717) is 0 Å². The van der Waals surface area contributed by atoms with Crippen LogP contribution in [0.5, 0.6) is 0 Å². The molecule has 1 unspecified atom stereocenters. The van der Waals surface area contributed by atoms with Crippen molar-refractivity contribution in [3.8, 4) is 0 Å². The van der Waals surface area contributed by atoms with Gasteiger partial charge in [0.1, 0.15) is 6.04 Å². The number of aryl methyl sites for hydroxylation is 1. The minimum atomic E-state index is -0.291. The Morgan fingerprint density at radius 3 is 2.62 bits per heavy atom. The summed E-state index contributed by atoms with van der Waals surface area (Å²) in [7, 11) is 1.40. The lowest BCUT2D eigenvalue weighted by Gasteiger charge is -2.18. The van der Waals surface area contributed by atoms with Crippen molar-refractivity contribution in [3.63, 3.8) is 0 Å². The average molecular weight is 221 g/mol. The molecule has 1 N–H and O–H groups in total. The quantitative estimate of drug-likeness (QED) is 0.792. The molecule has 3 nitrogen and oxygen atoms in total. The van der Waals surface area contributed by atoms with Gasteiger partial charge in [-0.3, -0.25) is 10.1 Å². The van der Waals surface area contributed by atoms with Crippen LogP contribution >= 0.6 is 0 Å². The summed E-state index contributed by atoms with van der Waals surface area (Å²) in [6, 6.07) is 8.08. The highest BCUT2D eigenvalue weighted by Gasteiger charge is 2.16. The fourth-order valence-electron chi connectivity index (χ4n) is 1.66. The number of benzene rings is 1. The van der Waals surface area contributed by atoms with E-state index < -0.39 is 0 Å². The highest BCUT2D eigenvalue weighted by molar-refractivity contribution is 5.75. The summed E-state index contributed by atoms with van der Waals surface area (Å²) >= 11 is 0. The molecule has 0 radical (unpaired) electrons. The van der Waals surface area contributed by atoms with Gasteiger partial charge in [0, 0.05) is 6.04 Å². The van der Waals surface area contributed by atoms with Gasteiger partial charge in [0.2, 0.25) is 0 Å². The molecule has 0 bridgehead atoms. The van der Waals surface area contributed by atoms with Crippen LogP contribution < -0.4 is 5.32 Å². The minimum Gasteiger partial charge on any atom is -0.468 e. The van der Waals surface area contributed by atoms with E-state index in [-0.39, 0.29) is 18.1 Å². The number of rotatable bonds is 4. The molecule has 0 aliphatic heterocycles. The van der Waals surface area contributed by atoms with Gasteiger partial charge >= 0.3 is 5.97 Å². The lowest BCUT2D eigenvalue weighted by atomic mass is 10.1. The lowest BCUT2D eigenvalue weighted by molar-refractivity contribution is -0.142. The molecule has 88 valence electrons. The van der Waals surface area contributed by atoms with E-state index in [1.165, 1.54) is 18.2 Å². The summed E-state index contributed by atoms with van der Waals surface area (Å²) in [5.74, 6) is -0.237. The zero-order valence-electron chi connectivity index (χ0n) is 10.3. The molecule has 2 atom stereocenters. The van der Waals surface area contributed by atoms with Gasteiger partial charge in [-0.25, -0.2) is 0 Å². The van der Waals surface area contributed by atoms with Crippen LogP contribution in [0.4, 0.5) is 0 Å². The molecule has 0 heterocycles. The molecule has 0 saturated heterocycles. The Balaban J connectivity index is 2.65. The Kier molecular flexibility index (Phi) is 4.50. The molecule has 16 heavy (non-hydrogen) atoms. The molecule has 3 heteroatoms. The van der Waals surface area contributed by atoms with Crippen molar-refractivity contribution in [2.45, 2.75) is 32.9 Å². The fourth-order valence-corrected chi connectivity index (χ4v) is 1.66. The first-order valence-electron chi connectivity index (χ1n) is 5.45. The zero-order chi connectivity index (χ0) is 12.1. The maximum absolute atomic E-state index is 11.3. The fraction of sp³-hybridized carbons (Fsp3) is 0.462. The van der Waals surface area contributed by atoms with E-state index in [2.05, 4.69) is 35.2 Å². The second-order valence-electron chi connectivity index (χ2n) is 4.05. The highest BCUT2D eigenvalue weighted by Crippen LogP contribution is 2.14. The first-order valence-corrected chi connectivity index (χ1v) is 5.45. The van der Waals surface area contributed by atoms with Crippen molar-refractivity contribution < 1.29 is 9.53 Å². The van der Waals surface area contributed by atoms with Crippen molar-refractivity contribution in [1.82, 2.24) is 5.32 Å². The van der Waals surface area contributed by atoms with E-state index in [1.807, 2.05) is 13.0 Å². The number of esters is 1. The topological polar surface area (TPSA) is 38.3 Å². The second-order valence-corrected chi connectivity index (χ2v) is 4.05. The third-order valence-electron chi connectivity index (χ3n) is 2.60. The van der Waals surface area contributed by atoms with Gasteiger partial charge < -0.3 is 4.74 Å². The van der Waals surface area contributed by atoms with Crippen LogP contribution in [0.2, 0.25) is 0 Å². The highest BCUT2D eigenvalue weighted by atomic mass is 16.5. The normalized spacial score (nSPS) is 14.2. The number of hydrogen-bond acceptors (Lipinski definition) is 3.